The van der Waals surface area contributed by atoms with Crippen molar-refractivity contribution in [3.05, 3.63) is 70.3 Å². The van der Waals surface area contributed by atoms with Crippen molar-refractivity contribution in [2.24, 2.45) is 5.92 Å². The predicted molar refractivity (Wildman–Crippen MR) is 126 cm³/mol. The van der Waals surface area contributed by atoms with Gasteiger partial charge in [-0.1, -0.05) is 49.2 Å². The van der Waals surface area contributed by atoms with Gasteiger partial charge in [-0.2, -0.15) is 9.78 Å². The van der Waals surface area contributed by atoms with E-state index in [1.807, 2.05) is 53.9 Å². The van der Waals surface area contributed by atoms with Crippen LogP contribution in [0.2, 0.25) is 0 Å². The molecule has 3 heterocycles. The van der Waals surface area contributed by atoms with Crippen molar-refractivity contribution in [3.63, 3.8) is 0 Å². The van der Waals surface area contributed by atoms with E-state index in [1.54, 1.807) is 11.3 Å². The number of nitrogens with zero attached hydrogens (tertiary/aromatic N) is 3. The van der Waals surface area contributed by atoms with E-state index in [0.29, 0.717) is 29.5 Å². The minimum Gasteiger partial charge on any atom is -0.310 e. The Morgan fingerprint density at radius 2 is 1.91 bits per heavy atom. The number of nitrogens with one attached hydrogen (secondary N) is 2. The highest BCUT2D eigenvalue weighted by atomic mass is 32.1. The Kier molecular flexibility index (Phi) is 5.68. The Labute approximate surface area is 189 Å². The molecule has 1 aliphatic rings. The second-order valence-electron chi connectivity index (χ2n) is 8.03. The van der Waals surface area contributed by atoms with Gasteiger partial charge in [-0.05, 0) is 30.2 Å². The van der Waals surface area contributed by atoms with Crippen LogP contribution in [0.1, 0.15) is 32.1 Å². The molecule has 32 heavy (non-hydrogen) atoms. The molecule has 0 aliphatic heterocycles. The molecule has 162 valence electrons. The number of aromatic amines is 1. The summed E-state index contributed by atoms with van der Waals surface area (Å²) in [5.74, 6) is 1.14. The number of H-pyrrole nitrogens is 1. The van der Waals surface area contributed by atoms with Crippen molar-refractivity contribution < 1.29 is 4.79 Å². The monoisotopic (exact) mass is 445 g/mol. The molecule has 1 aliphatic carbocycles. The smallest absolute Gasteiger partial charge is 0.252 e. The quantitative estimate of drug-likeness (QED) is 0.443. The zero-order chi connectivity index (χ0) is 21.9. The number of thiophene rings is 1. The van der Waals surface area contributed by atoms with E-state index in [4.69, 9.17) is 0 Å². The molecule has 1 amide bonds. The number of carbonyl (C=O) groups is 1. The number of amides is 1. The summed E-state index contributed by atoms with van der Waals surface area (Å²) in [6.45, 7) is 0. The van der Waals surface area contributed by atoms with Gasteiger partial charge in [-0.3, -0.25) is 14.6 Å². The summed E-state index contributed by atoms with van der Waals surface area (Å²) in [6, 6.07) is 16.7. The lowest BCUT2D eigenvalue weighted by Crippen LogP contribution is -2.20. The SMILES string of the molecule is O=C(CC1CCCC1)Nc1cc(-c2cccs2)nn1-c1nc(-c2ccccc2)cc(=O)[nH]1. The average Bonchev–Trinajstić information content (AvgIpc) is 3.56. The van der Waals surface area contributed by atoms with Crippen molar-refractivity contribution in [1.29, 1.82) is 0 Å². The largest absolute Gasteiger partial charge is 0.310 e. The minimum atomic E-state index is -0.287. The highest BCUT2D eigenvalue weighted by Crippen LogP contribution is 2.30. The first-order valence-electron chi connectivity index (χ1n) is 10.8. The maximum atomic E-state index is 12.8. The van der Waals surface area contributed by atoms with Gasteiger partial charge in [-0.25, -0.2) is 4.98 Å². The van der Waals surface area contributed by atoms with E-state index in [2.05, 4.69) is 20.4 Å². The molecule has 7 nitrogen and oxygen atoms in total. The average molecular weight is 446 g/mol. The number of hydrogen-bond donors (Lipinski definition) is 2. The molecule has 0 unspecified atom stereocenters. The van der Waals surface area contributed by atoms with Crippen molar-refractivity contribution in [3.8, 4) is 27.8 Å². The summed E-state index contributed by atoms with van der Waals surface area (Å²) in [4.78, 5) is 33.6. The molecule has 0 atom stereocenters. The molecule has 0 spiro atoms. The minimum absolute atomic E-state index is 0.0441. The lowest BCUT2D eigenvalue weighted by atomic mass is 10.0. The maximum absolute atomic E-state index is 12.8. The van der Waals surface area contributed by atoms with Crippen LogP contribution in [-0.4, -0.2) is 25.7 Å². The van der Waals surface area contributed by atoms with E-state index in [1.165, 1.54) is 23.6 Å². The van der Waals surface area contributed by atoms with Gasteiger partial charge in [-0.15, -0.1) is 11.3 Å². The van der Waals surface area contributed by atoms with Crippen LogP contribution in [-0.2, 0) is 4.79 Å². The Balaban J connectivity index is 1.53. The summed E-state index contributed by atoms with van der Waals surface area (Å²) >= 11 is 1.56. The number of anilines is 1. The summed E-state index contributed by atoms with van der Waals surface area (Å²) in [6.07, 6.45) is 5.07. The van der Waals surface area contributed by atoms with Crippen LogP contribution in [0.15, 0.2) is 64.8 Å². The maximum Gasteiger partial charge on any atom is 0.252 e. The van der Waals surface area contributed by atoms with Gasteiger partial charge < -0.3 is 5.32 Å². The second kappa shape index (κ2) is 8.92. The summed E-state index contributed by atoms with van der Waals surface area (Å²) in [5, 5.41) is 9.64. The number of benzene rings is 1. The fourth-order valence-electron chi connectivity index (χ4n) is 4.15. The van der Waals surface area contributed by atoms with Crippen LogP contribution >= 0.6 is 11.3 Å². The Hall–Kier alpha value is -3.52. The third kappa shape index (κ3) is 4.40. The molecule has 8 heteroatoms. The molecule has 1 aromatic carbocycles. The van der Waals surface area contributed by atoms with Crippen LogP contribution in [0.25, 0.3) is 27.8 Å². The Morgan fingerprint density at radius 1 is 1.09 bits per heavy atom. The molecule has 1 fully saturated rings. The van der Waals surface area contributed by atoms with Gasteiger partial charge >= 0.3 is 0 Å². The van der Waals surface area contributed by atoms with Crippen LogP contribution in [0.4, 0.5) is 5.82 Å². The molecule has 3 aromatic heterocycles. The zero-order valence-electron chi connectivity index (χ0n) is 17.5. The first kappa shape index (κ1) is 20.4. The molecule has 0 radical (unpaired) electrons. The lowest BCUT2D eigenvalue weighted by Gasteiger charge is -2.11. The van der Waals surface area contributed by atoms with E-state index in [-0.39, 0.29) is 17.4 Å². The topological polar surface area (TPSA) is 92.7 Å². The molecule has 1 saturated carbocycles. The van der Waals surface area contributed by atoms with Crippen LogP contribution in [0.5, 0.6) is 0 Å². The third-order valence-corrected chi connectivity index (χ3v) is 6.59. The molecule has 4 aromatic rings. The van der Waals surface area contributed by atoms with Gasteiger partial charge in [0.15, 0.2) is 0 Å². The highest BCUT2D eigenvalue weighted by Gasteiger charge is 2.21. The Bertz CT molecular complexity index is 1270. The number of hydrogen-bond acceptors (Lipinski definition) is 5. The van der Waals surface area contributed by atoms with Crippen molar-refractivity contribution in [2.45, 2.75) is 32.1 Å². The molecule has 5 rings (SSSR count). The predicted octanol–water partition coefficient (Wildman–Crippen LogP) is 4.87. The second-order valence-corrected chi connectivity index (χ2v) is 8.97. The van der Waals surface area contributed by atoms with Crippen molar-refractivity contribution in [1.82, 2.24) is 19.7 Å². The van der Waals surface area contributed by atoms with E-state index in [0.717, 1.165) is 23.3 Å². The number of rotatable bonds is 6. The van der Waals surface area contributed by atoms with E-state index < -0.39 is 0 Å². The van der Waals surface area contributed by atoms with E-state index >= 15 is 0 Å². The number of carbonyl (C=O) groups excluding carboxylic acids is 1. The molecule has 0 bridgehead atoms. The van der Waals surface area contributed by atoms with Gasteiger partial charge in [0.1, 0.15) is 11.5 Å². The van der Waals surface area contributed by atoms with Gasteiger partial charge in [0.2, 0.25) is 11.9 Å². The molecular formula is C24H23N5O2S. The van der Waals surface area contributed by atoms with Gasteiger partial charge in [0, 0.05) is 24.1 Å². The molecule has 2 N–H and O–H groups in total. The van der Waals surface area contributed by atoms with Crippen molar-refractivity contribution >= 4 is 23.1 Å². The normalized spacial score (nSPS) is 14.0. The van der Waals surface area contributed by atoms with E-state index in [9.17, 15) is 9.59 Å². The summed E-state index contributed by atoms with van der Waals surface area (Å²) in [7, 11) is 0. The fraction of sp³-hybridized carbons (Fsp3) is 0.250. The van der Waals surface area contributed by atoms with Crippen molar-refractivity contribution in [2.75, 3.05) is 5.32 Å². The Morgan fingerprint density at radius 3 is 2.66 bits per heavy atom. The standard InChI is InChI=1S/C24H23N5O2S/c30-22(13-16-7-4-5-8-16)26-21-14-19(20-11-6-12-32-20)28-29(21)24-25-18(15-23(31)27-24)17-9-2-1-3-10-17/h1-3,6,9-12,14-16H,4-5,7-8,13H2,(H,26,30)(H,25,27,31). The number of aromatic nitrogens is 4. The first-order chi connectivity index (χ1) is 15.7. The van der Waals surface area contributed by atoms with Crippen LogP contribution < -0.4 is 10.9 Å². The summed E-state index contributed by atoms with van der Waals surface area (Å²) in [5.41, 5.74) is 1.80. The summed E-state index contributed by atoms with van der Waals surface area (Å²) < 4.78 is 1.51. The lowest BCUT2D eigenvalue weighted by molar-refractivity contribution is -0.117. The molecular weight excluding hydrogens is 422 g/mol. The highest BCUT2D eigenvalue weighted by molar-refractivity contribution is 7.13. The third-order valence-electron chi connectivity index (χ3n) is 5.70. The van der Waals surface area contributed by atoms with Gasteiger partial charge in [0.05, 0.1) is 10.6 Å². The van der Waals surface area contributed by atoms with Crippen LogP contribution in [0.3, 0.4) is 0 Å². The zero-order valence-corrected chi connectivity index (χ0v) is 18.3. The first-order valence-corrected chi connectivity index (χ1v) is 11.6. The fourth-order valence-corrected chi connectivity index (χ4v) is 4.83. The van der Waals surface area contributed by atoms with Gasteiger partial charge in [0.25, 0.3) is 5.56 Å². The van der Waals surface area contributed by atoms with Crippen LogP contribution in [0, 0.1) is 5.92 Å². The molecule has 0 saturated heterocycles.